The average Bonchev–Trinajstić information content (AvgIpc) is 2.79. The highest BCUT2D eigenvalue weighted by atomic mass is 15.2. The molecule has 0 amide bonds. The number of rotatable bonds is 0. The molecule has 2 heteroatoms. The molecule has 0 saturated heterocycles. The van der Waals surface area contributed by atoms with Crippen LogP contribution in [0.3, 0.4) is 0 Å². The lowest BCUT2D eigenvalue weighted by molar-refractivity contribution is 0.945. The van der Waals surface area contributed by atoms with Gasteiger partial charge in [0.1, 0.15) is 5.82 Å². The minimum absolute atomic E-state index is 1.12. The SMILES string of the molecule is CC.CC.CC.CN1CCc2cccnc21. The lowest BCUT2D eigenvalue weighted by atomic mass is 10.2. The number of fused-ring (bicyclic) bond motifs is 1. The van der Waals surface area contributed by atoms with Crippen LogP contribution in [0.4, 0.5) is 5.82 Å². The Kier molecular flexibility index (Phi) is 13.0. The zero-order valence-electron chi connectivity index (χ0n) is 12.0. The van der Waals surface area contributed by atoms with Gasteiger partial charge in [0.05, 0.1) is 0 Å². The molecule has 94 valence electrons. The van der Waals surface area contributed by atoms with E-state index in [-0.39, 0.29) is 0 Å². The van der Waals surface area contributed by atoms with Crippen LogP contribution in [-0.4, -0.2) is 18.6 Å². The Balaban J connectivity index is 0. The molecular weight excluding hydrogens is 196 g/mol. The fourth-order valence-electron chi connectivity index (χ4n) is 1.36. The van der Waals surface area contributed by atoms with Gasteiger partial charge in [-0.2, -0.15) is 0 Å². The van der Waals surface area contributed by atoms with Gasteiger partial charge in [0.25, 0.3) is 0 Å². The highest BCUT2D eigenvalue weighted by molar-refractivity contribution is 5.50. The van der Waals surface area contributed by atoms with Crippen LogP contribution in [-0.2, 0) is 6.42 Å². The monoisotopic (exact) mass is 224 g/mol. The van der Waals surface area contributed by atoms with Crippen LogP contribution in [0.25, 0.3) is 0 Å². The second-order valence-corrected chi connectivity index (χ2v) is 2.66. The summed E-state index contributed by atoms with van der Waals surface area (Å²) in [7, 11) is 2.08. The number of hydrogen-bond acceptors (Lipinski definition) is 2. The van der Waals surface area contributed by atoms with Gasteiger partial charge in [-0.3, -0.25) is 0 Å². The smallest absolute Gasteiger partial charge is 0.131 e. The molecule has 0 fully saturated rings. The normalized spacial score (nSPS) is 10.8. The van der Waals surface area contributed by atoms with Gasteiger partial charge in [-0.1, -0.05) is 47.6 Å². The highest BCUT2D eigenvalue weighted by Gasteiger charge is 2.14. The lowest BCUT2D eigenvalue weighted by Crippen LogP contribution is -2.13. The molecule has 1 aliphatic heterocycles. The molecule has 0 N–H and O–H groups in total. The van der Waals surface area contributed by atoms with E-state index in [9.17, 15) is 0 Å². The standard InChI is InChI=1S/C8H10N2.3C2H6/c1-10-6-4-7-3-2-5-9-8(7)10;3*1-2/h2-3,5H,4,6H2,1H3;3*1-2H3. The van der Waals surface area contributed by atoms with Crippen molar-refractivity contribution in [2.24, 2.45) is 0 Å². The van der Waals surface area contributed by atoms with E-state index < -0.39 is 0 Å². The third kappa shape index (κ3) is 5.15. The van der Waals surface area contributed by atoms with Crippen molar-refractivity contribution in [3.8, 4) is 0 Å². The van der Waals surface area contributed by atoms with E-state index in [0.29, 0.717) is 0 Å². The van der Waals surface area contributed by atoms with Gasteiger partial charge >= 0.3 is 0 Å². The molecule has 2 rings (SSSR count). The van der Waals surface area contributed by atoms with Crippen molar-refractivity contribution in [3.05, 3.63) is 23.9 Å². The summed E-state index contributed by atoms with van der Waals surface area (Å²) in [5, 5.41) is 0. The van der Waals surface area contributed by atoms with E-state index >= 15 is 0 Å². The van der Waals surface area contributed by atoms with E-state index in [1.165, 1.54) is 5.56 Å². The van der Waals surface area contributed by atoms with Crippen LogP contribution in [0, 0.1) is 0 Å². The molecule has 2 heterocycles. The van der Waals surface area contributed by atoms with Crippen LogP contribution < -0.4 is 4.90 Å². The summed E-state index contributed by atoms with van der Waals surface area (Å²) in [6.45, 7) is 13.1. The number of likely N-dealkylation sites (N-methyl/N-ethyl adjacent to an activating group) is 1. The van der Waals surface area contributed by atoms with Gasteiger partial charge in [-0.05, 0) is 18.1 Å². The minimum atomic E-state index is 1.12. The summed E-state index contributed by atoms with van der Waals surface area (Å²) < 4.78 is 0. The van der Waals surface area contributed by atoms with Crippen molar-refractivity contribution in [2.75, 3.05) is 18.5 Å². The van der Waals surface area contributed by atoms with Gasteiger partial charge < -0.3 is 4.90 Å². The molecule has 0 bridgehead atoms. The maximum atomic E-state index is 4.27. The summed E-state index contributed by atoms with van der Waals surface area (Å²) in [6.07, 6.45) is 3.00. The fraction of sp³-hybridized carbons (Fsp3) is 0.643. The Morgan fingerprint density at radius 3 is 2.12 bits per heavy atom. The molecule has 0 atom stereocenters. The van der Waals surface area contributed by atoms with Crippen molar-refractivity contribution in [1.82, 2.24) is 4.98 Å². The van der Waals surface area contributed by atoms with Gasteiger partial charge in [0.15, 0.2) is 0 Å². The van der Waals surface area contributed by atoms with Crippen LogP contribution >= 0.6 is 0 Å². The molecule has 0 unspecified atom stereocenters. The lowest BCUT2D eigenvalue weighted by Gasteiger charge is -2.08. The predicted molar refractivity (Wildman–Crippen MR) is 75.3 cm³/mol. The van der Waals surface area contributed by atoms with Crippen molar-refractivity contribution >= 4 is 5.82 Å². The topological polar surface area (TPSA) is 16.1 Å². The van der Waals surface area contributed by atoms with Crippen LogP contribution in [0.5, 0.6) is 0 Å². The molecule has 0 radical (unpaired) electrons. The number of hydrogen-bond donors (Lipinski definition) is 0. The number of nitrogens with zero attached hydrogens (tertiary/aromatic N) is 2. The van der Waals surface area contributed by atoms with Crippen LogP contribution in [0.15, 0.2) is 18.3 Å². The second-order valence-electron chi connectivity index (χ2n) is 2.66. The first-order valence-corrected chi connectivity index (χ1v) is 6.53. The van der Waals surface area contributed by atoms with E-state index in [4.69, 9.17) is 0 Å². The first kappa shape index (κ1) is 17.3. The predicted octanol–water partition coefficient (Wildman–Crippen LogP) is 4.15. The quantitative estimate of drug-likeness (QED) is 0.658. The van der Waals surface area contributed by atoms with Gasteiger partial charge in [-0.25, -0.2) is 4.98 Å². The molecule has 1 aromatic rings. The van der Waals surface area contributed by atoms with Gasteiger partial charge in [0, 0.05) is 19.8 Å². The van der Waals surface area contributed by atoms with E-state index in [0.717, 1.165) is 18.8 Å². The molecule has 0 aromatic carbocycles. The first-order chi connectivity index (χ1) is 7.88. The molecule has 0 saturated carbocycles. The Morgan fingerprint density at radius 2 is 1.62 bits per heavy atom. The van der Waals surface area contributed by atoms with E-state index in [2.05, 4.69) is 23.0 Å². The Morgan fingerprint density at radius 1 is 1.06 bits per heavy atom. The van der Waals surface area contributed by atoms with Crippen molar-refractivity contribution in [3.63, 3.8) is 0 Å². The molecular formula is C14H28N2. The molecule has 2 nitrogen and oxygen atoms in total. The zero-order valence-corrected chi connectivity index (χ0v) is 12.0. The first-order valence-electron chi connectivity index (χ1n) is 6.53. The second kappa shape index (κ2) is 12.0. The summed E-state index contributed by atoms with van der Waals surface area (Å²) in [6, 6.07) is 4.14. The largest absolute Gasteiger partial charge is 0.359 e. The maximum absolute atomic E-state index is 4.27. The van der Waals surface area contributed by atoms with E-state index in [1.54, 1.807) is 0 Å². The minimum Gasteiger partial charge on any atom is -0.359 e. The Bertz CT molecular complexity index is 246. The van der Waals surface area contributed by atoms with E-state index in [1.807, 2.05) is 53.8 Å². The van der Waals surface area contributed by atoms with Gasteiger partial charge in [0.2, 0.25) is 0 Å². The summed E-state index contributed by atoms with van der Waals surface area (Å²) >= 11 is 0. The Labute approximate surface area is 102 Å². The number of pyridine rings is 1. The third-order valence-electron chi connectivity index (χ3n) is 1.95. The van der Waals surface area contributed by atoms with Crippen molar-refractivity contribution in [1.29, 1.82) is 0 Å². The Hall–Kier alpha value is -1.05. The van der Waals surface area contributed by atoms with Crippen molar-refractivity contribution < 1.29 is 0 Å². The molecule has 0 aliphatic carbocycles. The maximum Gasteiger partial charge on any atom is 0.131 e. The number of aromatic nitrogens is 1. The van der Waals surface area contributed by atoms with Crippen LogP contribution in [0.1, 0.15) is 47.1 Å². The fourth-order valence-corrected chi connectivity index (χ4v) is 1.36. The summed E-state index contributed by atoms with van der Waals surface area (Å²) in [5.74, 6) is 1.16. The summed E-state index contributed by atoms with van der Waals surface area (Å²) in [4.78, 5) is 6.46. The zero-order chi connectivity index (χ0) is 13.0. The molecule has 1 aliphatic rings. The van der Waals surface area contributed by atoms with Crippen LogP contribution in [0.2, 0.25) is 0 Å². The molecule has 16 heavy (non-hydrogen) atoms. The molecule has 1 aromatic heterocycles. The third-order valence-corrected chi connectivity index (χ3v) is 1.95. The average molecular weight is 224 g/mol. The summed E-state index contributed by atoms with van der Waals surface area (Å²) in [5.41, 5.74) is 1.38. The highest BCUT2D eigenvalue weighted by Crippen LogP contribution is 2.22. The molecule has 0 spiro atoms. The van der Waals surface area contributed by atoms with Gasteiger partial charge in [-0.15, -0.1) is 0 Å². The van der Waals surface area contributed by atoms with Crippen molar-refractivity contribution in [2.45, 2.75) is 48.0 Å². The number of anilines is 1.